The van der Waals surface area contributed by atoms with Crippen molar-refractivity contribution in [3.63, 3.8) is 0 Å². The second-order valence-electron chi connectivity index (χ2n) is 4.57. The molecule has 2 aromatic rings. The first-order chi connectivity index (χ1) is 10.5. The van der Waals surface area contributed by atoms with E-state index in [9.17, 15) is 4.79 Å². The fourth-order valence-corrected chi connectivity index (χ4v) is 2.35. The van der Waals surface area contributed by atoms with Gasteiger partial charge in [0.2, 0.25) is 0 Å². The fourth-order valence-electron chi connectivity index (χ4n) is 1.80. The average molecular weight is 359 g/mol. The maximum atomic E-state index is 12.4. The normalized spacial score (nSPS) is 10.4. The maximum absolute atomic E-state index is 12.4. The number of nitrogens with one attached hydrogen (secondary N) is 1. The van der Waals surface area contributed by atoms with Crippen LogP contribution in [0.4, 0.5) is 5.69 Å². The number of hydrogen-bond donors (Lipinski definition) is 1. The number of anilines is 1. The number of benzene rings is 2. The monoisotopic (exact) mass is 357 g/mol. The highest BCUT2D eigenvalue weighted by Crippen LogP contribution is 2.29. The van der Waals surface area contributed by atoms with E-state index >= 15 is 0 Å². The minimum Gasteiger partial charge on any atom is -0.491 e. The molecule has 0 atom stereocenters. The third-order valence-electron chi connectivity index (χ3n) is 2.82. The molecule has 0 aliphatic heterocycles. The number of carbonyl (C=O) groups excluding carboxylic acids is 1. The molecule has 1 amide bonds. The molecule has 3 nitrogen and oxygen atoms in total. The van der Waals surface area contributed by atoms with Crippen LogP contribution in [0.1, 0.15) is 23.7 Å². The number of carbonyl (C=O) groups is 1. The van der Waals surface area contributed by atoms with Crippen LogP contribution in [0, 0.1) is 0 Å². The molecule has 116 valence electrons. The van der Waals surface area contributed by atoms with Crippen molar-refractivity contribution in [2.45, 2.75) is 13.3 Å². The van der Waals surface area contributed by atoms with Crippen LogP contribution >= 0.6 is 34.8 Å². The first kappa shape index (κ1) is 16.9. The molecule has 6 heteroatoms. The van der Waals surface area contributed by atoms with Crippen molar-refractivity contribution in [3.8, 4) is 5.75 Å². The summed E-state index contributed by atoms with van der Waals surface area (Å²) < 4.78 is 5.60. The van der Waals surface area contributed by atoms with Gasteiger partial charge >= 0.3 is 0 Å². The molecule has 0 radical (unpaired) electrons. The van der Waals surface area contributed by atoms with E-state index in [1.807, 2.05) is 6.92 Å². The second-order valence-corrected chi connectivity index (χ2v) is 5.85. The summed E-state index contributed by atoms with van der Waals surface area (Å²) in [7, 11) is 0. The van der Waals surface area contributed by atoms with Gasteiger partial charge in [0.05, 0.1) is 22.9 Å². The molecule has 2 rings (SSSR count). The predicted molar refractivity (Wildman–Crippen MR) is 91.7 cm³/mol. The van der Waals surface area contributed by atoms with Gasteiger partial charge in [0.25, 0.3) is 5.91 Å². The first-order valence-electron chi connectivity index (χ1n) is 6.70. The smallest absolute Gasteiger partial charge is 0.257 e. The highest BCUT2D eigenvalue weighted by molar-refractivity contribution is 6.36. The van der Waals surface area contributed by atoms with Crippen molar-refractivity contribution in [2.75, 3.05) is 11.9 Å². The Labute approximate surface area is 144 Å². The molecule has 0 heterocycles. The van der Waals surface area contributed by atoms with E-state index in [0.29, 0.717) is 33.1 Å². The number of amides is 1. The van der Waals surface area contributed by atoms with E-state index in [4.69, 9.17) is 39.5 Å². The number of halogens is 3. The summed E-state index contributed by atoms with van der Waals surface area (Å²) in [4.78, 5) is 12.4. The van der Waals surface area contributed by atoms with Crippen molar-refractivity contribution in [1.29, 1.82) is 0 Å². The van der Waals surface area contributed by atoms with Crippen LogP contribution in [-0.4, -0.2) is 12.5 Å². The van der Waals surface area contributed by atoms with Crippen LogP contribution in [0.2, 0.25) is 15.1 Å². The lowest BCUT2D eigenvalue weighted by Crippen LogP contribution is -2.13. The summed E-state index contributed by atoms with van der Waals surface area (Å²) in [6, 6.07) is 9.75. The largest absolute Gasteiger partial charge is 0.491 e. The van der Waals surface area contributed by atoms with Gasteiger partial charge in [-0.15, -0.1) is 0 Å². The second kappa shape index (κ2) is 7.73. The van der Waals surface area contributed by atoms with Gasteiger partial charge < -0.3 is 10.1 Å². The Morgan fingerprint density at radius 3 is 2.50 bits per heavy atom. The van der Waals surface area contributed by atoms with E-state index in [2.05, 4.69) is 5.32 Å². The fraction of sp³-hybridized carbons (Fsp3) is 0.188. The topological polar surface area (TPSA) is 38.3 Å². The highest BCUT2D eigenvalue weighted by atomic mass is 35.5. The molecule has 0 aliphatic carbocycles. The third kappa shape index (κ3) is 4.29. The summed E-state index contributed by atoms with van der Waals surface area (Å²) in [5.74, 6) is 0.175. The number of ether oxygens (including phenoxy) is 1. The minimum atomic E-state index is -0.379. The molecule has 0 aliphatic rings. The van der Waals surface area contributed by atoms with Gasteiger partial charge in [-0.25, -0.2) is 0 Å². The molecule has 0 unspecified atom stereocenters. The van der Waals surface area contributed by atoms with Crippen LogP contribution in [0.25, 0.3) is 0 Å². The summed E-state index contributed by atoms with van der Waals surface area (Å²) in [6.07, 6.45) is 0.857. The molecule has 0 bridgehead atoms. The van der Waals surface area contributed by atoms with Crippen molar-refractivity contribution in [1.82, 2.24) is 0 Å². The molecule has 22 heavy (non-hydrogen) atoms. The van der Waals surface area contributed by atoms with Gasteiger partial charge in [0, 0.05) is 10.0 Å². The molecule has 1 N–H and O–H groups in total. The van der Waals surface area contributed by atoms with E-state index in [0.717, 1.165) is 6.42 Å². The first-order valence-corrected chi connectivity index (χ1v) is 7.83. The zero-order valence-corrected chi connectivity index (χ0v) is 14.1. The quantitative estimate of drug-likeness (QED) is 0.746. The zero-order chi connectivity index (χ0) is 16.1. The SMILES string of the molecule is CCCOc1ccc(Cl)cc1NC(=O)c1cc(Cl)ccc1Cl. The van der Waals surface area contributed by atoms with Crippen molar-refractivity contribution in [2.24, 2.45) is 0 Å². The zero-order valence-electron chi connectivity index (χ0n) is 11.8. The Hall–Kier alpha value is -1.42. The van der Waals surface area contributed by atoms with Crippen LogP contribution in [-0.2, 0) is 0 Å². The van der Waals surface area contributed by atoms with Gasteiger partial charge in [0.1, 0.15) is 5.75 Å². The Morgan fingerprint density at radius 1 is 1.09 bits per heavy atom. The Balaban J connectivity index is 2.27. The Kier molecular flexibility index (Phi) is 5.95. The Bertz CT molecular complexity index is 689. The lowest BCUT2D eigenvalue weighted by atomic mass is 10.2. The summed E-state index contributed by atoms with van der Waals surface area (Å²) in [5, 5.41) is 4.00. The Morgan fingerprint density at radius 2 is 1.77 bits per heavy atom. The average Bonchev–Trinajstić information content (AvgIpc) is 2.49. The standard InChI is InChI=1S/C16H14Cl3NO2/c1-2-7-22-15-6-4-11(18)9-14(15)20-16(21)12-8-10(17)3-5-13(12)19/h3-6,8-9H,2,7H2,1H3,(H,20,21). The van der Waals surface area contributed by atoms with Crippen LogP contribution in [0.5, 0.6) is 5.75 Å². The van der Waals surface area contributed by atoms with Crippen LogP contribution < -0.4 is 10.1 Å². The van der Waals surface area contributed by atoms with E-state index in [-0.39, 0.29) is 11.5 Å². The number of hydrogen-bond acceptors (Lipinski definition) is 2. The number of rotatable bonds is 5. The molecule has 2 aromatic carbocycles. The molecule has 0 fully saturated rings. The van der Waals surface area contributed by atoms with E-state index in [1.54, 1.807) is 30.3 Å². The minimum absolute atomic E-state index is 0.288. The summed E-state index contributed by atoms with van der Waals surface area (Å²) in [6.45, 7) is 2.54. The highest BCUT2D eigenvalue weighted by Gasteiger charge is 2.14. The summed E-state index contributed by atoms with van der Waals surface area (Å²) in [5.41, 5.74) is 0.776. The van der Waals surface area contributed by atoms with E-state index in [1.165, 1.54) is 6.07 Å². The molecule has 0 spiro atoms. The maximum Gasteiger partial charge on any atom is 0.257 e. The molecular formula is C16H14Cl3NO2. The lowest BCUT2D eigenvalue weighted by molar-refractivity contribution is 0.102. The van der Waals surface area contributed by atoms with Crippen molar-refractivity contribution < 1.29 is 9.53 Å². The van der Waals surface area contributed by atoms with Crippen LogP contribution in [0.15, 0.2) is 36.4 Å². The van der Waals surface area contributed by atoms with Gasteiger partial charge in [-0.3, -0.25) is 4.79 Å². The van der Waals surface area contributed by atoms with Gasteiger partial charge in [-0.1, -0.05) is 41.7 Å². The molecule has 0 saturated heterocycles. The van der Waals surface area contributed by atoms with E-state index < -0.39 is 0 Å². The van der Waals surface area contributed by atoms with Gasteiger partial charge in [-0.2, -0.15) is 0 Å². The summed E-state index contributed by atoms with van der Waals surface area (Å²) >= 11 is 17.9. The molecule has 0 aromatic heterocycles. The molecule has 0 saturated carbocycles. The van der Waals surface area contributed by atoms with Crippen molar-refractivity contribution in [3.05, 3.63) is 57.0 Å². The lowest BCUT2D eigenvalue weighted by Gasteiger charge is -2.13. The van der Waals surface area contributed by atoms with Gasteiger partial charge in [0.15, 0.2) is 0 Å². The van der Waals surface area contributed by atoms with Gasteiger partial charge in [-0.05, 0) is 42.8 Å². The predicted octanol–water partition coefficient (Wildman–Crippen LogP) is 5.69. The third-order valence-corrected chi connectivity index (χ3v) is 3.62. The molecular weight excluding hydrogens is 345 g/mol. The van der Waals surface area contributed by atoms with Crippen LogP contribution in [0.3, 0.4) is 0 Å². The van der Waals surface area contributed by atoms with Crippen molar-refractivity contribution >= 4 is 46.4 Å².